The molecule has 0 aliphatic rings. The van der Waals surface area contributed by atoms with Crippen LogP contribution in [-0.4, -0.2) is 23.0 Å². The zero-order valence-corrected chi connectivity index (χ0v) is 29.1. The van der Waals surface area contributed by atoms with E-state index in [1.54, 1.807) is 17.3 Å². The molecule has 0 spiro atoms. The molecule has 0 aliphatic heterocycles. The highest BCUT2D eigenvalue weighted by Gasteiger charge is 2.23. The molecule has 0 radical (unpaired) electrons. The van der Waals surface area contributed by atoms with E-state index in [0.29, 0.717) is 0 Å². The van der Waals surface area contributed by atoms with Gasteiger partial charge in [-0.05, 0) is 42.9 Å². The molecule has 0 nitrogen and oxygen atoms in total. The minimum atomic E-state index is -0.471. The third kappa shape index (κ3) is 26.9. The van der Waals surface area contributed by atoms with Crippen molar-refractivity contribution in [2.45, 2.75) is 207 Å². The molecule has 0 heterocycles. The first-order valence-corrected chi connectivity index (χ1v) is 21.8. The van der Waals surface area contributed by atoms with Crippen LogP contribution < -0.4 is 0 Å². The summed E-state index contributed by atoms with van der Waals surface area (Å²) in [4.78, 5) is 0. The molecular weight excluding hydrogens is 497 g/mol. The summed E-state index contributed by atoms with van der Waals surface area (Å²) in [5.41, 5.74) is 0. The van der Waals surface area contributed by atoms with E-state index < -0.39 is 9.06 Å². The fraction of sp³-hybridized carbons (Fsp3) is 1.00. The fourth-order valence-electron chi connectivity index (χ4n) is 5.74. The van der Waals surface area contributed by atoms with Gasteiger partial charge >= 0.3 is 0 Å². The highest BCUT2D eigenvalue weighted by Crippen LogP contribution is 2.62. The maximum atomic E-state index is 2.54. The molecule has 0 atom stereocenters. The second-order valence-electron chi connectivity index (χ2n) is 12.4. The zero-order chi connectivity index (χ0) is 27.8. The summed E-state index contributed by atoms with van der Waals surface area (Å²) in [6.07, 6.45) is 41.1. The van der Waals surface area contributed by atoms with Crippen LogP contribution in [0.4, 0.5) is 0 Å². The largest absolute Gasteiger partial charge is 0.193 e. The van der Waals surface area contributed by atoms with E-state index in [-0.39, 0.29) is 0 Å². The number of hydrogen-bond acceptors (Lipinski definition) is 1. The molecule has 0 bridgehead atoms. The smallest absolute Gasteiger partial charge is 0.00220 e. The van der Waals surface area contributed by atoms with Crippen LogP contribution in [0, 0.1) is 0 Å². The lowest BCUT2D eigenvalue weighted by atomic mass is 10.1. The van der Waals surface area contributed by atoms with Crippen molar-refractivity contribution in [2.24, 2.45) is 0 Å². The second-order valence-corrected chi connectivity index (χ2v) is 19.0. The topological polar surface area (TPSA) is 0 Å². The molecule has 0 fully saturated rings. The van der Waals surface area contributed by atoms with Crippen molar-refractivity contribution < 1.29 is 0 Å². The van der Waals surface area contributed by atoms with Gasteiger partial charge < -0.3 is 0 Å². The molecule has 0 saturated heterocycles. The van der Waals surface area contributed by atoms with Crippen LogP contribution in [0.15, 0.2) is 0 Å². The normalized spacial score (nSPS) is 12.4. The molecule has 232 valence electrons. The first kappa shape index (κ1) is 38.7. The van der Waals surface area contributed by atoms with Gasteiger partial charge in [0.05, 0.1) is 0 Å². The van der Waals surface area contributed by atoms with Crippen LogP contribution in [0.25, 0.3) is 0 Å². The highest BCUT2D eigenvalue weighted by molar-refractivity contribution is 8.94. The van der Waals surface area contributed by atoms with Crippen LogP contribution in [0.1, 0.15) is 207 Å². The van der Waals surface area contributed by atoms with Gasteiger partial charge in [0, 0.05) is 5.75 Å². The van der Waals surface area contributed by atoms with Gasteiger partial charge in [0.1, 0.15) is 0 Å². The molecule has 0 N–H and O–H groups in total. The van der Waals surface area contributed by atoms with Crippen molar-refractivity contribution in [3.05, 3.63) is 0 Å². The molecule has 2 heteroatoms. The predicted molar refractivity (Wildman–Crippen MR) is 187 cm³/mol. The molecule has 0 aromatic rings. The van der Waals surface area contributed by atoms with Crippen LogP contribution in [0.3, 0.4) is 0 Å². The van der Waals surface area contributed by atoms with Crippen LogP contribution in [0.2, 0.25) is 0 Å². The van der Waals surface area contributed by atoms with E-state index in [1.165, 1.54) is 186 Å². The summed E-state index contributed by atoms with van der Waals surface area (Å²) in [5, 5.41) is 0. The van der Waals surface area contributed by atoms with E-state index in [4.69, 9.17) is 0 Å². The van der Waals surface area contributed by atoms with Gasteiger partial charge in [-0.1, -0.05) is 182 Å². The van der Waals surface area contributed by atoms with E-state index in [1.807, 2.05) is 0 Å². The quantitative estimate of drug-likeness (QED) is 0.0556. The third-order valence-corrected chi connectivity index (χ3v) is 16.0. The molecule has 0 aromatic heterocycles. The van der Waals surface area contributed by atoms with Gasteiger partial charge in [-0.2, -0.15) is 9.06 Å². The monoisotopic (exact) mass is 573 g/mol. The SMILES string of the molecule is CCCCCCCCCCSS(CCCCCCCC)(CCCCCCCC)CCCCCCCCCC. The first-order valence-electron chi connectivity index (χ1n) is 18.1. The molecule has 0 unspecified atom stereocenters. The minimum Gasteiger partial charge on any atom is -0.193 e. The van der Waals surface area contributed by atoms with Gasteiger partial charge in [0.2, 0.25) is 0 Å². The average molecular weight is 573 g/mol. The Kier molecular flexibility index (Phi) is 32.8. The Bertz CT molecular complexity index is 406. The van der Waals surface area contributed by atoms with Crippen LogP contribution >= 0.6 is 19.9 Å². The van der Waals surface area contributed by atoms with E-state index in [2.05, 4.69) is 38.5 Å². The summed E-state index contributed by atoms with van der Waals surface area (Å²) < 4.78 is 0. The van der Waals surface area contributed by atoms with E-state index >= 15 is 0 Å². The Morgan fingerprint density at radius 2 is 0.526 bits per heavy atom. The van der Waals surface area contributed by atoms with Crippen LogP contribution in [-0.2, 0) is 0 Å². The molecule has 38 heavy (non-hydrogen) atoms. The summed E-state index contributed by atoms with van der Waals surface area (Å²) in [6.45, 7) is 9.36. The maximum Gasteiger partial charge on any atom is 0.00220 e. The van der Waals surface area contributed by atoms with Gasteiger partial charge in [0.15, 0.2) is 0 Å². The highest BCUT2D eigenvalue weighted by atomic mass is 33.2. The van der Waals surface area contributed by atoms with Crippen LogP contribution in [0.5, 0.6) is 0 Å². The second kappa shape index (κ2) is 32.2. The predicted octanol–water partition coefficient (Wildman–Crippen LogP) is 14.4. The fourth-order valence-corrected chi connectivity index (χ4v) is 13.1. The van der Waals surface area contributed by atoms with Gasteiger partial charge in [-0.15, -0.1) is 10.8 Å². The molecule has 0 aliphatic carbocycles. The van der Waals surface area contributed by atoms with Gasteiger partial charge in [0.25, 0.3) is 0 Å². The Morgan fingerprint density at radius 3 is 0.816 bits per heavy atom. The van der Waals surface area contributed by atoms with Crippen molar-refractivity contribution >= 4 is 19.9 Å². The Morgan fingerprint density at radius 1 is 0.289 bits per heavy atom. The van der Waals surface area contributed by atoms with Crippen molar-refractivity contribution in [1.82, 2.24) is 0 Å². The zero-order valence-electron chi connectivity index (χ0n) is 27.4. The van der Waals surface area contributed by atoms with Crippen molar-refractivity contribution in [1.29, 1.82) is 0 Å². The summed E-state index contributed by atoms with van der Waals surface area (Å²) >= 11 is 0. The Labute approximate surface area is 249 Å². The molecule has 0 aromatic carbocycles. The van der Waals surface area contributed by atoms with Crippen molar-refractivity contribution in [3.8, 4) is 0 Å². The minimum absolute atomic E-state index is 0.471. The Balaban J connectivity index is 4.74. The molecule has 0 rings (SSSR count). The number of unbranched alkanes of at least 4 members (excludes halogenated alkanes) is 24. The lowest BCUT2D eigenvalue weighted by Gasteiger charge is -2.40. The van der Waals surface area contributed by atoms with Crippen molar-refractivity contribution in [2.75, 3.05) is 23.0 Å². The van der Waals surface area contributed by atoms with Crippen molar-refractivity contribution in [3.63, 3.8) is 0 Å². The lowest BCUT2D eigenvalue weighted by Crippen LogP contribution is -2.12. The van der Waals surface area contributed by atoms with Gasteiger partial charge in [-0.25, -0.2) is 0 Å². The van der Waals surface area contributed by atoms with E-state index in [0.717, 1.165) is 0 Å². The average Bonchev–Trinajstić information content (AvgIpc) is 2.93. The maximum absolute atomic E-state index is 2.54. The molecule has 0 amide bonds. The Hall–Kier alpha value is 0.700. The standard InChI is InChI=1S/C36H76S2/c1-5-9-13-17-21-23-25-29-33-37-38(34-30-26-19-15-11-7-3,35-31-27-20-16-12-8-4)36-32-28-24-22-18-14-10-6-2/h5-36H2,1-4H3. The molecule has 0 saturated carbocycles. The lowest BCUT2D eigenvalue weighted by molar-refractivity contribution is 0.585. The summed E-state index contributed by atoms with van der Waals surface area (Å²) in [7, 11) is 2.06. The third-order valence-electron chi connectivity index (χ3n) is 8.44. The van der Waals surface area contributed by atoms with E-state index in [9.17, 15) is 0 Å². The molecular formula is C36H76S2. The summed E-state index contributed by atoms with van der Waals surface area (Å²) in [5.74, 6) is 6.24. The number of rotatable bonds is 33. The number of hydrogen-bond donors (Lipinski definition) is 0. The summed E-state index contributed by atoms with van der Waals surface area (Å²) in [6, 6.07) is 0. The first-order chi connectivity index (χ1) is 18.7. The van der Waals surface area contributed by atoms with Gasteiger partial charge in [-0.3, -0.25) is 0 Å².